The Bertz CT molecular complexity index is 819. The molecule has 3 aromatic carbocycles. The van der Waals surface area contributed by atoms with E-state index in [9.17, 15) is 8.78 Å². The van der Waals surface area contributed by atoms with Crippen molar-refractivity contribution in [2.24, 2.45) is 0 Å². The molecule has 0 unspecified atom stereocenters. The zero-order valence-electron chi connectivity index (χ0n) is 12.3. The first-order chi connectivity index (χ1) is 10.1. The van der Waals surface area contributed by atoms with E-state index in [1.807, 2.05) is 38.1 Å². The summed E-state index contributed by atoms with van der Waals surface area (Å²) in [5, 5.41) is 3.14. The van der Waals surface area contributed by atoms with Crippen LogP contribution >= 0.6 is 0 Å². The van der Waals surface area contributed by atoms with Crippen molar-refractivity contribution in [3.8, 4) is 0 Å². The number of rotatable bonds is 3. The highest BCUT2D eigenvalue weighted by molar-refractivity contribution is 5.99. The second kappa shape index (κ2) is 5.44. The largest absolute Gasteiger partial charge is 0.203 e. The molecule has 0 heterocycles. The van der Waals surface area contributed by atoms with Gasteiger partial charge >= 0.3 is 0 Å². The van der Waals surface area contributed by atoms with Crippen LogP contribution in [0, 0.1) is 18.6 Å². The number of unbranched alkanes of at least 4 members (excludes halogenated alkanes) is 1. The van der Waals surface area contributed by atoms with E-state index >= 15 is 0 Å². The number of aryl methyl sites for hydroxylation is 2. The standard InChI is InChI=1S/C19H18F2/c1-3-4-5-14-10-16-9-13-7-6-12(2)8-15(13)11-17(16)19(21)18(14)20/h6-11H,3-5H2,1-2H3. The fourth-order valence-corrected chi connectivity index (χ4v) is 2.80. The summed E-state index contributed by atoms with van der Waals surface area (Å²) in [6.07, 6.45) is 2.42. The van der Waals surface area contributed by atoms with Crippen molar-refractivity contribution in [2.75, 3.05) is 0 Å². The van der Waals surface area contributed by atoms with E-state index in [4.69, 9.17) is 0 Å². The Morgan fingerprint density at radius 2 is 1.67 bits per heavy atom. The van der Waals surface area contributed by atoms with Crippen molar-refractivity contribution in [1.29, 1.82) is 0 Å². The average Bonchev–Trinajstić information content (AvgIpc) is 2.48. The minimum Gasteiger partial charge on any atom is -0.203 e. The van der Waals surface area contributed by atoms with Crippen LogP contribution in [0.5, 0.6) is 0 Å². The van der Waals surface area contributed by atoms with E-state index < -0.39 is 11.6 Å². The van der Waals surface area contributed by atoms with Gasteiger partial charge in [0.1, 0.15) is 0 Å². The van der Waals surface area contributed by atoms with Crippen molar-refractivity contribution < 1.29 is 8.78 Å². The van der Waals surface area contributed by atoms with Gasteiger partial charge in [-0.2, -0.15) is 0 Å². The van der Waals surface area contributed by atoms with Gasteiger partial charge in [-0.1, -0.05) is 37.1 Å². The van der Waals surface area contributed by atoms with Gasteiger partial charge in [-0.05, 0) is 59.7 Å². The topological polar surface area (TPSA) is 0 Å². The molecule has 0 aliphatic carbocycles. The van der Waals surface area contributed by atoms with Gasteiger partial charge in [0.25, 0.3) is 0 Å². The number of hydrogen-bond acceptors (Lipinski definition) is 0. The van der Waals surface area contributed by atoms with Crippen LogP contribution in [0.25, 0.3) is 21.5 Å². The van der Waals surface area contributed by atoms with E-state index in [0.717, 1.165) is 34.6 Å². The Hall–Kier alpha value is -1.96. The minimum atomic E-state index is -0.720. The molecule has 0 amide bonds. The van der Waals surface area contributed by atoms with Gasteiger partial charge in [0.15, 0.2) is 11.6 Å². The molecular formula is C19H18F2. The molecule has 0 fully saturated rings. The Labute approximate surface area is 123 Å². The summed E-state index contributed by atoms with van der Waals surface area (Å²) in [5.74, 6) is -1.41. The van der Waals surface area contributed by atoms with E-state index in [0.29, 0.717) is 17.4 Å². The summed E-state index contributed by atoms with van der Waals surface area (Å²) in [7, 11) is 0. The molecule has 3 aromatic rings. The van der Waals surface area contributed by atoms with Gasteiger partial charge in [0.2, 0.25) is 0 Å². The monoisotopic (exact) mass is 284 g/mol. The number of fused-ring (bicyclic) bond motifs is 2. The third-order valence-corrected chi connectivity index (χ3v) is 4.00. The molecule has 3 rings (SSSR count). The molecule has 0 spiro atoms. The van der Waals surface area contributed by atoms with E-state index in [-0.39, 0.29) is 0 Å². The van der Waals surface area contributed by atoms with Gasteiger partial charge in [-0.25, -0.2) is 8.78 Å². The third kappa shape index (κ3) is 2.51. The molecule has 21 heavy (non-hydrogen) atoms. The van der Waals surface area contributed by atoms with Crippen LogP contribution in [-0.2, 0) is 6.42 Å². The molecule has 0 aromatic heterocycles. The van der Waals surface area contributed by atoms with Crippen LogP contribution in [0.2, 0.25) is 0 Å². The van der Waals surface area contributed by atoms with Crippen LogP contribution < -0.4 is 0 Å². The van der Waals surface area contributed by atoms with Gasteiger partial charge in [0, 0.05) is 5.39 Å². The van der Waals surface area contributed by atoms with E-state index in [1.54, 1.807) is 12.1 Å². The lowest BCUT2D eigenvalue weighted by atomic mass is 9.98. The summed E-state index contributed by atoms with van der Waals surface area (Å²) >= 11 is 0. The average molecular weight is 284 g/mol. The second-order valence-corrected chi connectivity index (χ2v) is 5.69. The van der Waals surface area contributed by atoms with Gasteiger partial charge < -0.3 is 0 Å². The molecule has 0 aliphatic rings. The molecule has 0 radical (unpaired) electrons. The van der Waals surface area contributed by atoms with Crippen LogP contribution in [0.15, 0.2) is 36.4 Å². The van der Waals surface area contributed by atoms with Crippen LogP contribution in [-0.4, -0.2) is 0 Å². The molecule has 0 atom stereocenters. The van der Waals surface area contributed by atoms with Gasteiger partial charge in [0.05, 0.1) is 0 Å². The summed E-state index contributed by atoms with van der Waals surface area (Å²) < 4.78 is 28.5. The van der Waals surface area contributed by atoms with Crippen LogP contribution in [0.1, 0.15) is 30.9 Å². The molecule has 0 N–H and O–H groups in total. The predicted molar refractivity (Wildman–Crippen MR) is 84.7 cm³/mol. The molecule has 108 valence electrons. The second-order valence-electron chi connectivity index (χ2n) is 5.69. The first kappa shape index (κ1) is 14.0. The lowest BCUT2D eigenvalue weighted by molar-refractivity contribution is 0.505. The fourth-order valence-electron chi connectivity index (χ4n) is 2.80. The van der Waals surface area contributed by atoms with Crippen LogP contribution in [0.4, 0.5) is 8.78 Å². The number of halogens is 2. The first-order valence-electron chi connectivity index (χ1n) is 7.41. The Balaban J connectivity index is 2.26. The van der Waals surface area contributed by atoms with Crippen molar-refractivity contribution in [2.45, 2.75) is 33.1 Å². The van der Waals surface area contributed by atoms with Crippen molar-refractivity contribution in [1.82, 2.24) is 0 Å². The summed E-state index contributed by atoms with van der Waals surface area (Å²) in [4.78, 5) is 0. The first-order valence-corrected chi connectivity index (χ1v) is 7.41. The zero-order valence-corrected chi connectivity index (χ0v) is 12.3. The zero-order chi connectivity index (χ0) is 15.0. The molecule has 0 bridgehead atoms. The van der Waals surface area contributed by atoms with Gasteiger partial charge in [-0.3, -0.25) is 0 Å². The predicted octanol–water partition coefficient (Wildman–Crippen LogP) is 5.92. The quantitative estimate of drug-likeness (QED) is 0.523. The summed E-state index contributed by atoms with van der Waals surface area (Å²) in [5.41, 5.74) is 1.59. The normalized spacial score (nSPS) is 11.4. The number of hydrogen-bond donors (Lipinski definition) is 0. The van der Waals surface area contributed by atoms with Crippen molar-refractivity contribution >= 4 is 21.5 Å². The molecule has 2 heteroatoms. The summed E-state index contributed by atoms with van der Waals surface area (Å²) in [6.45, 7) is 4.04. The molecule has 0 aliphatic heterocycles. The number of benzene rings is 3. The lowest BCUT2D eigenvalue weighted by Crippen LogP contribution is -1.96. The summed E-state index contributed by atoms with van der Waals surface area (Å²) in [6, 6.07) is 11.5. The van der Waals surface area contributed by atoms with Crippen molar-refractivity contribution in [3.05, 3.63) is 59.2 Å². The highest BCUT2D eigenvalue weighted by Gasteiger charge is 2.13. The maximum absolute atomic E-state index is 14.3. The van der Waals surface area contributed by atoms with Crippen LogP contribution in [0.3, 0.4) is 0 Å². The molecule has 0 saturated carbocycles. The molecule has 0 nitrogen and oxygen atoms in total. The minimum absolute atomic E-state index is 0.367. The molecular weight excluding hydrogens is 266 g/mol. The lowest BCUT2D eigenvalue weighted by Gasteiger charge is -2.09. The van der Waals surface area contributed by atoms with E-state index in [1.165, 1.54) is 0 Å². The maximum atomic E-state index is 14.3. The third-order valence-electron chi connectivity index (χ3n) is 4.00. The highest BCUT2D eigenvalue weighted by Crippen LogP contribution is 2.29. The SMILES string of the molecule is CCCCc1cc2cc3ccc(C)cc3cc2c(F)c1F. The molecule has 0 saturated heterocycles. The highest BCUT2D eigenvalue weighted by atomic mass is 19.2. The Morgan fingerprint density at radius 3 is 2.43 bits per heavy atom. The van der Waals surface area contributed by atoms with Gasteiger partial charge in [-0.15, -0.1) is 0 Å². The van der Waals surface area contributed by atoms with Crippen molar-refractivity contribution in [3.63, 3.8) is 0 Å². The smallest absolute Gasteiger partial charge is 0.166 e. The van der Waals surface area contributed by atoms with E-state index in [2.05, 4.69) is 0 Å². The Morgan fingerprint density at radius 1 is 0.857 bits per heavy atom. The fraction of sp³-hybridized carbons (Fsp3) is 0.263. The Kier molecular flexibility index (Phi) is 3.62. The maximum Gasteiger partial charge on any atom is 0.166 e.